The number of hydrogen-bond acceptors (Lipinski definition) is 1. The number of nitrogens with one attached hydrogen (secondary N) is 1. The lowest BCUT2D eigenvalue weighted by atomic mass is 9.85. The average molecular weight is 211 g/mol. The van der Waals surface area contributed by atoms with Gasteiger partial charge in [-0.15, -0.1) is 0 Å². The largest absolute Gasteiger partial charge is 0.353 e. The van der Waals surface area contributed by atoms with Crippen LogP contribution in [0.5, 0.6) is 0 Å². The van der Waals surface area contributed by atoms with Crippen LogP contribution in [0.3, 0.4) is 0 Å². The van der Waals surface area contributed by atoms with Crippen LogP contribution in [-0.2, 0) is 4.79 Å². The van der Waals surface area contributed by atoms with Gasteiger partial charge in [0.1, 0.15) is 0 Å². The molecule has 88 valence electrons. The fraction of sp³-hybridized carbons (Fsp3) is 0.923. The summed E-state index contributed by atoms with van der Waals surface area (Å²) in [6, 6.07) is 0.256. The molecule has 1 rings (SSSR count). The van der Waals surface area contributed by atoms with Crippen LogP contribution in [0, 0.1) is 11.3 Å². The number of rotatable bonds is 2. The van der Waals surface area contributed by atoms with Crippen LogP contribution in [0.15, 0.2) is 0 Å². The average Bonchev–Trinajstić information content (AvgIpc) is 2.17. The molecule has 2 heteroatoms. The second-order valence-electron chi connectivity index (χ2n) is 5.93. The molecule has 0 saturated heterocycles. The molecule has 15 heavy (non-hydrogen) atoms. The Labute approximate surface area is 93.8 Å². The molecule has 0 aliphatic heterocycles. The minimum absolute atomic E-state index is 0.157. The van der Waals surface area contributed by atoms with Gasteiger partial charge in [-0.1, -0.05) is 40.0 Å². The van der Waals surface area contributed by atoms with Crippen molar-refractivity contribution in [3.05, 3.63) is 0 Å². The molecule has 1 amide bonds. The predicted molar refractivity (Wildman–Crippen MR) is 63.6 cm³/mol. The molecule has 1 aliphatic carbocycles. The van der Waals surface area contributed by atoms with E-state index in [0.29, 0.717) is 0 Å². The highest BCUT2D eigenvalue weighted by molar-refractivity contribution is 5.79. The zero-order valence-corrected chi connectivity index (χ0v) is 10.6. The quantitative estimate of drug-likeness (QED) is 0.747. The van der Waals surface area contributed by atoms with E-state index in [1.165, 1.54) is 19.3 Å². The molecular weight excluding hydrogens is 186 g/mol. The highest BCUT2D eigenvalue weighted by atomic mass is 16.1. The molecule has 1 N–H and O–H groups in total. The van der Waals surface area contributed by atoms with Gasteiger partial charge in [0.15, 0.2) is 0 Å². The molecule has 0 spiro atoms. The first-order valence-corrected chi connectivity index (χ1v) is 6.21. The highest BCUT2D eigenvalue weighted by Gasteiger charge is 2.26. The fourth-order valence-corrected chi connectivity index (χ4v) is 1.91. The molecule has 0 bridgehead atoms. The van der Waals surface area contributed by atoms with E-state index in [0.717, 1.165) is 12.8 Å². The SMILES string of the molecule is CC(NC(=O)C1CCCCC1)C(C)(C)C. The van der Waals surface area contributed by atoms with Gasteiger partial charge in [0, 0.05) is 12.0 Å². The smallest absolute Gasteiger partial charge is 0.223 e. The molecule has 0 aromatic heterocycles. The number of hydrogen-bond donors (Lipinski definition) is 1. The van der Waals surface area contributed by atoms with Gasteiger partial charge in [-0.3, -0.25) is 4.79 Å². The van der Waals surface area contributed by atoms with Crippen molar-refractivity contribution >= 4 is 5.91 Å². The van der Waals surface area contributed by atoms with Crippen molar-refractivity contribution in [2.45, 2.75) is 65.8 Å². The first-order chi connectivity index (χ1) is 6.91. The Bertz CT molecular complexity index is 211. The minimum Gasteiger partial charge on any atom is -0.353 e. The zero-order chi connectivity index (χ0) is 11.5. The fourth-order valence-electron chi connectivity index (χ4n) is 1.91. The van der Waals surface area contributed by atoms with E-state index >= 15 is 0 Å². The van der Waals surface area contributed by atoms with E-state index in [1.54, 1.807) is 0 Å². The third kappa shape index (κ3) is 3.84. The topological polar surface area (TPSA) is 29.1 Å². The van der Waals surface area contributed by atoms with Crippen molar-refractivity contribution in [1.82, 2.24) is 5.32 Å². The van der Waals surface area contributed by atoms with Crippen LogP contribution in [0.2, 0.25) is 0 Å². The number of amides is 1. The monoisotopic (exact) mass is 211 g/mol. The lowest BCUT2D eigenvalue weighted by molar-refractivity contribution is -0.127. The van der Waals surface area contributed by atoms with E-state index in [2.05, 4.69) is 33.0 Å². The van der Waals surface area contributed by atoms with Crippen LogP contribution in [0.4, 0.5) is 0 Å². The molecular formula is C13H25NO. The Balaban J connectivity index is 2.40. The third-order valence-corrected chi connectivity index (χ3v) is 3.63. The third-order valence-electron chi connectivity index (χ3n) is 3.63. The molecule has 0 aromatic rings. The lowest BCUT2D eigenvalue weighted by Gasteiger charge is -2.30. The summed E-state index contributed by atoms with van der Waals surface area (Å²) < 4.78 is 0. The highest BCUT2D eigenvalue weighted by Crippen LogP contribution is 2.25. The van der Waals surface area contributed by atoms with Gasteiger partial charge in [0.25, 0.3) is 0 Å². The van der Waals surface area contributed by atoms with Gasteiger partial charge in [-0.05, 0) is 25.2 Å². The van der Waals surface area contributed by atoms with Crippen molar-refractivity contribution in [2.75, 3.05) is 0 Å². The van der Waals surface area contributed by atoms with Crippen LogP contribution in [-0.4, -0.2) is 11.9 Å². The first kappa shape index (κ1) is 12.5. The van der Waals surface area contributed by atoms with E-state index in [9.17, 15) is 4.79 Å². The van der Waals surface area contributed by atoms with Crippen molar-refractivity contribution in [1.29, 1.82) is 0 Å². The molecule has 0 radical (unpaired) electrons. The van der Waals surface area contributed by atoms with Crippen molar-refractivity contribution in [3.63, 3.8) is 0 Å². The Kier molecular flexibility index (Phi) is 4.18. The zero-order valence-electron chi connectivity index (χ0n) is 10.6. The number of carbonyl (C=O) groups excluding carboxylic acids is 1. The van der Waals surface area contributed by atoms with Gasteiger partial charge in [-0.2, -0.15) is 0 Å². The standard InChI is InChI=1S/C13H25NO/c1-10(13(2,3)4)14-12(15)11-8-6-5-7-9-11/h10-11H,5-9H2,1-4H3,(H,14,15). The van der Waals surface area contributed by atoms with Crippen LogP contribution in [0.1, 0.15) is 59.8 Å². The summed E-state index contributed by atoms with van der Waals surface area (Å²) in [5.41, 5.74) is 0.157. The van der Waals surface area contributed by atoms with Gasteiger partial charge in [0.2, 0.25) is 5.91 Å². The van der Waals surface area contributed by atoms with Gasteiger partial charge in [0.05, 0.1) is 0 Å². The summed E-state index contributed by atoms with van der Waals surface area (Å²) in [5.74, 6) is 0.556. The Hall–Kier alpha value is -0.530. The molecule has 1 aliphatic rings. The maximum Gasteiger partial charge on any atom is 0.223 e. The second-order valence-corrected chi connectivity index (χ2v) is 5.93. The normalized spacial score (nSPS) is 21.1. The first-order valence-electron chi connectivity index (χ1n) is 6.21. The summed E-state index contributed by atoms with van der Waals surface area (Å²) in [5, 5.41) is 3.15. The van der Waals surface area contributed by atoms with Gasteiger partial charge < -0.3 is 5.32 Å². The van der Waals surface area contributed by atoms with E-state index in [-0.39, 0.29) is 23.3 Å². The molecule has 1 atom stereocenters. The van der Waals surface area contributed by atoms with E-state index < -0.39 is 0 Å². The molecule has 0 aromatic carbocycles. The Morgan fingerprint density at radius 2 is 1.73 bits per heavy atom. The summed E-state index contributed by atoms with van der Waals surface area (Å²) >= 11 is 0. The van der Waals surface area contributed by atoms with Gasteiger partial charge in [-0.25, -0.2) is 0 Å². The van der Waals surface area contributed by atoms with Crippen LogP contribution in [0.25, 0.3) is 0 Å². The molecule has 1 fully saturated rings. The molecule has 2 nitrogen and oxygen atoms in total. The second kappa shape index (κ2) is 5.00. The predicted octanol–water partition coefficient (Wildman–Crippen LogP) is 3.12. The molecule has 1 saturated carbocycles. The minimum atomic E-state index is 0.157. The summed E-state index contributed by atoms with van der Waals surface area (Å²) in [4.78, 5) is 11.9. The number of carbonyl (C=O) groups is 1. The van der Waals surface area contributed by atoms with E-state index in [1.807, 2.05) is 0 Å². The van der Waals surface area contributed by atoms with Crippen LogP contribution >= 0.6 is 0 Å². The maximum atomic E-state index is 11.9. The van der Waals surface area contributed by atoms with Crippen LogP contribution < -0.4 is 5.32 Å². The van der Waals surface area contributed by atoms with Crippen molar-refractivity contribution < 1.29 is 4.79 Å². The Morgan fingerprint density at radius 1 is 1.20 bits per heavy atom. The molecule has 0 heterocycles. The van der Waals surface area contributed by atoms with Gasteiger partial charge >= 0.3 is 0 Å². The lowest BCUT2D eigenvalue weighted by Crippen LogP contribution is -2.44. The van der Waals surface area contributed by atoms with E-state index in [4.69, 9.17) is 0 Å². The summed E-state index contributed by atoms with van der Waals surface area (Å²) in [7, 11) is 0. The summed E-state index contributed by atoms with van der Waals surface area (Å²) in [6.07, 6.45) is 5.92. The maximum absolute atomic E-state index is 11.9. The summed E-state index contributed by atoms with van der Waals surface area (Å²) in [6.45, 7) is 8.59. The Morgan fingerprint density at radius 3 is 2.20 bits per heavy atom. The van der Waals surface area contributed by atoms with Crippen molar-refractivity contribution in [3.8, 4) is 0 Å². The van der Waals surface area contributed by atoms with Crippen molar-refractivity contribution in [2.24, 2.45) is 11.3 Å². The molecule has 1 unspecified atom stereocenters.